The summed E-state index contributed by atoms with van der Waals surface area (Å²) in [6, 6.07) is 11.9. The average Bonchev–Trinajstić information content (AvgIpc) is 1.26. The van der Waals surface area contributed by atoms with E-state index < -0.39 is 114 Å². The second-order valence-corrected chi connectivity index (χ2v) is 26.8. The van der Waals surface area contributed by atoms with E-state index in [0.717, 1.165) is 5.56 Å². The van der Waals surface area contributed by atoms with Crippen LogP contribution in [0.15, 0.2) is 48.5 Å². The number of Topliss-reactive ketones (excluding diaryl/α,β-unsaturated/α-hetero) is 3. The summed E-state index contributed by atoms with van der Waals surface area (Å²) in [6.07, 6.45) is -4.71. The number of ether oxygens (including phenoxy) is 7. The Morgan fingerprint density at radius 1 is 0.736 bits per heavy atom. The molecule has 0 radical (unpaired) electrons. The first-order valence-corrected chi connectivity index (χ1v) is 32.6. The smallest absolute Gasteiger partial charge is 0.410 e. The lowest BCUT2D eigenvalue weighted by Crippen LogP contribution is -2.55. The maximum Gasteiger partial charge on any atom is 0.410 e. The van der Waals surface area contributed by atoms with Gasteiger partial charge in [-0.25, -0.2) is 9.59 Å². The highest BCUT2D eigenvalue weighted by Crippen LogP contribution is 2.39. The molecular formula is C70H108N4O17. The minimum atomic E-state index is -1.36. The van der Waals surface area contributed by atoms with Gasteiger partial charge in [0.05, 0.1) is 55.7 Å². The molecule has 0 saturated carbocycles. The maximum atomic E-state index is 15.0. The Kier molecular flexibility index (Phi) is 30.2. The molecule has 21 heteroatoms. The van der Waals surface area contributed by atoms with Crippen LogP contribution in [0.5, 0.6) is 5.75 Å². The molecule has 21 nitrogen and oxygen atoms in total. The summed E-state index contributed by atoms with van der Waals surface area (Å²) >= 11 is 0. The number of amides is 4. The number of methoxy groups -OCH3 is 3. The zero-order chi connectivity index (χ0) is 68.5. The normalized spacial score (nSPS) is 22.0. The fourth-order valence-corrected chi connectivity index (χ4v) is 12.7. The van der Waals surface area contributed by atoms with Gasteiger partial charge in [0, 0.05) is 96.6 Å². The van der Waals surface area contributed by atoms with Crippen LogP contribution in [0.1, 0.15) is 166 Å². The van der Waals surface area contributed by atoms with Gasteiger partial charge in [-0.15, -0.1) is 0 Å². The van der Waals surface area contributed by atoms with E-state index in [1.807, 2.05) is 92.6 Å². The van der Waals surface area contributed by atoms with Crippen molar-refractivity contribution in [2.24, 2.45) is 65.1 Å². The molecule has 2 aliphatic rings. The molecule has 2 fully saturated rings. The molecule has 17 atom stereocenters. The van der Waals surface area contributed by atoms with Crippen LogP contribution in [-0.4, -0.2) is 164 Å². The zero-order valence-corrected chi connectivity index (χ0v) is 57.9. The summed E-state index contributed by atoms with van der Waals surface area (Å²) in [5, 5.41) is 13.9. The molecule has 4 amide bonds. The van der Waals surface area contributed by atoms with Gasteiger partial charge < -0.3 is 58.3 Å². The molecule has 2 aromatic rings. The first-order chi connectivity index (χ1) is 42.8. The van der Waals surface area contributed by atoms with Crippen LogP contribution in [0.2, 0.25) is 0 Å². The monoisotopic (exact) mass is 1280 g/mol. The molecule has 2 N–H and O–H groups in total. The Hall–Kier alpha value is -6.29. The van der Waals surface area contributed by atoms with E-state index in [-0.39, 0.29) is 102 Å². The predicted molar refractivity (Wildman–Crippen MR) is 344 cm³/mol. The molecule has 0 unspecified atom stereocenters. The Balaban J connectivity index is 1.53. The highest BCUT2D eigenvalue weighted by molar-refractivity contribution is 5.97. The molecule has 2 aliphatic heterocycles. The molecule has 510 valence electrons. The highest BCUT2D eigenvalue weighted by Gasteiger charge is 2.49. The lowest BCUT2D eigenvalue weighted by Gasteiger charge is -2.42. The number of carbonyl (C=O) groups excluding carboxylic acids is 9. The fourth-order valence-electron chi connectivity index (χ4n) is 12.7. The number of ketones is 3. The number of anilines is 1. The van der Waals surface area contributed by atoms with Crippen LogP contribution in [-0.2, 0) is 73.4 Å². The molecule has 4 rings (SSSR count). The van der Waals surface area contributed by atoms with Crippen molar-refractivity contribution in [2.75, 3.05) is 47.3 Å². The number of nitrogens with zero attached hydrogens (tertiary/aromatic N) is 3. The predicted octanol–water partition coefficient (Wildman–Crippen LogP) is 10.1. The fraction of sp³-hybridized carbons (Fsp3) is 0.700. The summed E-state index contributed by atoms with van der Waals surface area (Å²) in [7, 11) is 7.39. The SMILES string of the molecule is CC[C@H](C)[C@@H]([C@@H](CC(=O)N1CCC[C@H]1[C@H](OC)[C@@H](C)C(=O)C[C@H](C)[C@@H](O)c1ccccc1)OC)N(C)C(=O)[C@@H](CC(=O)[C@H](C(C)C)N(C)C(=O)OCc1ccc(NC(=O)[C@H](C)CC(=O)[C@@H](C)C(C)C)c(O[C@@H]2O[C@H](C(=O)OC)[C@@H](OC(C)=O)[C@H](C)[C@H]2C)c1)C(C)C. The van der Waals surface area contributed by atoms with Gasteiger partial charge in [0.1, 0.15) is 30.0 Å². The third-order valence-electron chi connectivity index (χ3n) is 19.2. The van der Waals surface area contributed by atoms with E-state index in [4.69, 9.17) is 33.2 Å². The summed E-state index contributed by atoms with van der Waals surface area (Å²) in [5.74, 6) is -7.36. The molecule has 0 aromatic heterocycles. The number of esters is 2. The Morgan fingerprint density at radius 3 is 1.93 bits per heavy atom. The maximum absolute atomic E-state index is 15.0. The van der Waals surface area contributed by atoms with Gasteiger partial charge in [-0.05, 0) is 65.7 Å². The molecule has 2 heterocycles. The Morgan fingerprint density at radius 2 is 1.37 bits per heavy atom. The molecular weight excluding hydrogens is 1170 g/mol. The molecule has 0 bridgehead atoms. The second-order valence-electron chi connectivity index (χ2n) is 26.8. The highest BCUT2D eigenvalue weighted by atomic mass is 16.7. The van der Waals surface area contributed by atoms with Gasteiger partial charge in [0.25, 0.3) is 0 Å². The van der Waals surface area contributed by atoms with E-state index >= 15 is 0 Å². The van der Waals surface area contributed by atoms with Crippen LogP contribution in [0.25, 0.3) is 0 Å². The number of aliphatic hydroxyl groups is 1. The topological polar surface area (TPSA) is 260 Å². The van der Waals surface area contributed by atoms with Crippen molar-refractivity contribution in [3.8, 4) is 5.75 Å². The number of likely N-dealkylation sites (tertiary alicyclic amines) is 1. The number of likely N-dealkylation sites (N-methyl/N-ethyl adjacent to an activating group) is 2. The number of rotatable bonds is 34. The van der Waals surface area contributed by atoms with Gasteiger partial charge in [-0.3, -0.25) is 33.6 Å². The standard InChI is InChI=1S/C70H108N4O17/c1-21-41(8)61(58(85-18)36-59(79)74-31-25-28-53(74)63(86-19)47(14)55(77)32-42(9)62(80)50-26-23-22-24-27-50)72(16)67(82)51(39(4)5)35-56(78)60(40(6)7)73(17)70(84)88-37-49-29-30-52(71-66(81)43(10)33-54(76)44(11)38(2)3)57(34-49)90-69-46(13)45(12)64(89-48(15)75)65(91-69)68(83)87-20/h22-24,26-27,29-30,34,38-47,51,53,58,60-65,69,80H,21,25,28,31-33,35-37H2,1-20H3,(H,71,81)/t41-,42-,43+,44-,45+,46+,47-,51-,53-,58+,60-,61-,62+,63+,64-,65-,69+/m0/s1. The molecule has 0 spiro atoms. The third kappa shape index (κ3) is 20.4. The van der Waals surface area contributed by atoms with Crippen LogP contribution in [0, 0.1) is 65.1 Å². The minimum Gasteiger partial charge on any atom is -0.467 e. The van der Waals surface area contributed by atoms with Gasteiger partial charge in [-0.1, -0.05) is 140 Å². The Labute approximate surface area is 541 Å². The molecule has 91 heavy (non-hydrogen) atoms. The minimum absolute atomic E-state index is 0.00162. The van der Waals surface area contributed by atoms with Crippen molar-refractivity contribution in [1.29, 1.82) is 0 Å². The summed E-state index contributed by atoms with van der Waals surface area (Å²) < 4.78 is 41.2. The van der Waals surface area contributed by atoms with Gasteiger partial charge in [-0.2, -0.15) is 0 Å². The zero-order valence-electron chi connectivity index (χ0n) is 57.9. The number of hydrogen-bond donors (Lipinski definition) is 2. The Bertz CT molecular complexity index is 2760. The summed E-state index contributed by atoms with van der Waals surface area (Å²) in [5.41, 5.74) is 1.33. The number of nitrogens with one attached hydrogen (secondary N) is 1. The van der Waals surface area contributed by atoms with Crippen molar-refractivity contribution in [3.63, 3.8) is 0 Å². The molecule has 2 saturated heterocycles. The van der Waals surface area contributed by atoms with E-state index in [9.17, 15) is 48.3 Å². The number of aliphatic hydroxyl groups excluding tert-OH is 1. The first-order valence-electron chi connectivity index (χ1n) is 32.6. The van der Waals surface area contributed by atoms with Crippen molar-refractivity contribution in [1.82, 2.24) is 14.7 Å². The quantitative estimate of drug-likeness (QED) is 0.0488. The largest absolute Gasteiger partial charge is 0.467 e. The second kappa shape index (κ2) is 35.7. The molecule has 2 aromatic carbocycles. The van der Waals surface area contributed by atoms with Crippen molar-refractivity contribution in [2.45, 2.75) is 210 Å². The van der Waals surface area contributed by atoms with E-state index in [2.05, 4.69) is 5.32 Å². The summed E-state index contributed by atoms with van der Waals surface area (Å²) in [6.45, 7) is 27.3. The van der Waals surface area contributed by atoms with Crippen molar-refractivity contribution in [3.05, 3.63) is 59.7 Å². The lowest BCUT2D eigenvalue weighted by molar-refractivity contribution is -0.243. The van der Waals surface area contributed by atoms with E-state index in [1.165, 1.54) is 39.2 Å². The van der Waals surface area contributed by atoms with E-state index in [0.29, 0.717) is 31.4 Å². The summed E-state index contributed by atoms with van der Waals surface area (Å²) in [4.78, 5) is 129. The van der Waals surface area contributed by atoms with Gasteiger partial charge in [0.2, 0.25) is 24.0 Å². The first kappa shape index (κ1) is 77.2. The lowest BCUT2D eigenvalue weighted by atomic mass is 9.83. The third-order valence-corrected chi connectivity index (χ3v) is 19.2. The van der Waals surface area contributed by atoms with Crippen molar-refractivity contribution < 1.29 is 81.4 Å². The van der Waals surface area contributed by atoms with E-state index in [1.54, 1.807) is 70.7 Å². The van der Waals surface area contributed by atoms with Crippen LogP contribution in [0.3, 0.4) is 0 Å². The molecule has 0 aliphatic carbocycles. The van der Waals surface area contributed by atoms with Crippen LogP contribution in [0.4, 0.5) is 10.5 Å². The van der Waals surface area contributed by atoms with Crippen LogP contribution >= 0.6 is 0 Å². The average molecular weight is 1280 g/mol. The van der Waals surface area contributed by atoms with Gasteiger partial charge >= 0.3 is 18.0 Å². The number of benzene rings is 2. The van der Waals surface area contributed by atoms with Gasteiger partial charge in [0.15, 0.2) is 11.9 Å². The van der Waals surface area contributed by atoms with Crippen LogP contribution < -0.4 is 10.1 Å². The van der Waals surface area contributed by atoms with Crippen molar-refractivity contribution >= 4 is 58.8 Å². The number of hydrogen-bond acceptors (Lipinski definition) is 17. The number of carbonyl (C=O) groups is 9.